The molecule has 3 rings (SSSR count). The smallest absolute Gasteiger partial charge is 0.278 e. The highest BCUT2D eigenvalue weighted by Crippen LogP contribution is 2.35. The monoisotopic (exact) mass is 429 g/mol. The van der Waals surface area contributed by atoms with Gasteiger partial charge in [-0.05, 0) is 45.6 Å². The maximum atomic E-state index is 12.9. The summed E-state index contributed by atoms with van der Waals surface area (Å²) in [6.07, 6.45) is -4.57. The number of halogens is 4. The molecule has 0 amide bonds. The number of benzene rings is 3. The summed E-state index contributed by atoms with van der Waals surface area (Å²) < 4.78 is 66.5. The first-order valence-corrected chi connectivity index (χ1v) is 9.33. The van der Waals surface area contributed by atoms with Gasteiger partial charge in [-0.1, -0.05) is 36.4 Å². The molecule has 25 heavy (non-hydrogen) atoms. The van der Waals surface area contributed by atoms with Crippen molar-refractivity contribution < 1.29 is 21.6 Å². The van der Waals surface area contributed by atoms with E-state index < -0.39 is 21.8 Å². The maximum absolute atomic E-state index is 12.9. The number of hydrogen-bond donors (Lipinski definition) is 1. The molecule has 0 aliphatic heterocycles. The van der Waals surface area contributed by atoms with Crippen molar-refractivity contribution in [3.05, 3.63) is 70.7 Å². The van der Waals surface area contributed by atoms with E-state index in [2.05, 4.69) is 20.7 Å². The van der Waals surface area contributed by atoms with Gasteiger partial charge in [0.1, 0.15) is 0 Å². The highest BCUT2D eigenvalue weighted by atomic mass is 79.9. The molecule has 0 radical (unpaired) electrons. The Hall–Kier alpha value is -2.06. The van der Waals surface area contributed by atoms with Crippen LogP contribution < -0.4 is 4.72 Å². The first kappa shape index (κ1) is 17.8. The van der Waals surface area contributed by atoms with Crippen molar-refractivity contribution in [3.8, 4) is 0 Å². The number of sulfonamides is 1. The number of alkyl halides is 3. The fourth-order valence-electron chi connectivity index (χ4n) is 2.41. The van der Waals surface area contributed by atoms with Crippen LogP contribution in [-0.2, 0) is 16.2 Å². The average Bonchev–Trinajstić information content (AvgIpc) is 2.55. The fraction of sp³-hybridized carbons (Fsp3) is 0.0588. The van der Waals surface area contributed by atoms with Crippen molar-refractivity contribution in [2.24, 2.45) is 0 Å². The van der Waals surface area contributed by atoms with E-state index in [1.54, 1.807) is 36.4 Å². The van der Waals surface area contributed by atoms with Gasteiger partial charge in [-0.25, -0.2) is 8.42 Å². The van der Waals surface area contributed by atoms with Crippen molar-refractivity contribution in [3.63, 3.8) is 0 Å². The van der Waals surface area contributed by atoms with E-state index >= 15 is 0 Å². The topological polar surface area (TPSA) is 46.2 Å². The van der Waals surface area contributed by atoms with Crippen molar-refractivity contribution in [1.29, 1.82) is 0 Å². The van der Waals surface area contributed by atoms with Gasteiger partial charge >= 0.3 is 6.18 Å². The molecular formula is C17H11BrF3NO2S. The largest absolute Gasteiger partial charge is 0.416 e. The molecule has 3 aromatic rings. The lowest BCUT2D eigenvalue weighted by Gasteiger charge is -2.14. The first-order chi connectivity index (χ1) is 11.7. The average molecular weight is 430 g/mol. The summed E-state index contributed by atoms with van der Waals surface area (Å²) >= 11 is 3.08. The van der Waals surface area contributed by atoms with Gasteiger partial charge in [-0.15, -0.1) is 0 Å². The van der Waals surface area contributed by atoms with Crippen molar-refractivity contribution in [1.82, 2.24) is 0 Å². The SMILES string of the molecule is O=S(=O)(Nc1cc(C(F)(F)F)ccc1Br)c1cccc2ccccc12. The van der Waals surface area contributed by atoms with Crippen LogP contribution in [0.5, 0.6) is 0 Å². The summed E-state index contributed by atoms with van der Waals surface area (Å²) in [6.45, 7) is 0. The quantitative estimate of drug-likeness (QED) is 0.603. The molecule has 0 saturated heterocycles. The standard InChI is InChI=1S/C17H11BrF3NO2S/c18-14-9-8-12(17(19,20)21)10-15(14)22-25(23,24)16-7-3-5-11-4-1-2-6-13(11)16/h1-10,22H. The minimum absolute atomic E-state index is 0.00471. The molecule has 0 bridgehead atoms. The minimum Gasteiger partial charge on any atom is -0.278 e. The molecule has 0 heterocycles. The normalized spacial score (nSPS) is 12.3. The highest BCUT2D eigenvalue weighted by Gasteiger charge is 2.31. The predicted molar refractivity (Wildman–Crippen MR) is 93.9 cm³/mol. The van der Waals surface area contributed by atoms with Crippen LogP contribution in [0.1, 0.15) is 5.56 Å². The number of nitrogens with one attached hydrogen (secondary N) is 1. The summed E-state index contributed by atoms with van der Waals surface area (Å²) in [7, 11) is -4.07. The van der Waals surface area contributed by atoms with Crippen LogP contribution in [0.25, 0.3) is 10.8 Å². The molecule has 3 nitrogen and oxygen atoms in total. The van der Waals surface area contributed by atoms with E-state index in [4.69, 9.17) is 0 Å². The Morgan fingerprint density at radius 3 is 2.32 bits per heavy atom. The van der Waals surface area contributed by atoms with Gasteiger partial charge in [-0.3, -0.25) is 4.72 Å². The number of fused-ring (bicyclic) bond motifs is 1. The molecule has 0 aromatic heterocycles. The van der Waals surface area contributed by atoms with Crippen LogP contribution in [0.2, 0.25) is 0 Å². The summed E-state index contributed by atoms with van der Waals surface area (Å²) in [6, 6.07) is 14.4. The molecule has 130 valence electrons. The molecular weight excluding hydrogens is 419 g/mol. The lowest BCUT2D eigenvalue weighted by molar-refractivity contribution is -0.137. The zero-order valence-electron chi connectivity index (χ0n) is 12.5. The van der Waals surface area contributed by atoms with E-state index in [1.165, 1.54) is 6.07 Å². The van der Waals surface area contributed by atoms with Gasteiger partial charge in [0, 0.05) is 9.86 Å². The second-order valence-electron chi connectivity index (χ2n) is 5.28. The summed E-state index contributed by atoms with van der Waals surface area (Å²) in [4.78, 5) is -0.00471. The molecule has 0 saturated carbocycles. The Kier molecular flexibility index (Phi) is 4.51. The molecule has 8 heteroatoms. The van der Waals surface area contributed by atoms with Crippen LogP contribution >= 0.6 is 15.9 Å². The second kappa shape index (κ2) is 6.34. The van der Waals surface area contributed by atoms with Gasteiger partial charge in [0.2, 0.25) is 0 Å². The van der Waals surface area contributed by atoms with Gasteiger partial charge in [0.25, 0.3) is 10.0 Å². The Morgan fingerprint density at radius 1 is 0.920 bits per heavy atom. The Bertz CT molecular complexity index is 1040. The molecule has 1 N–H and O–H groups in total. The van der Waals surface area contributed by atoms with Crippen LogP contribution in [-0.4, -0.2) is 8.42 Å². The zero-order chi connectivity index (χ0) is 18.2. The number of anilines is 1. The summed E-state index contributed by atoms with van der Waals surface area (Å²) in [5, 5.41) is 1.20. The van der Waals surface area contributed by atoms with Crippen molar-refractivity contribution >= 4 is 42.4 Å². The van der Waals surface area contributed by atoms with E-state index in [0.717, 1.165) is 18.2 Å². The van der Waals surface area contributed by atoms with Gasteiger partial charge in [0.15, 0.2) is 0 Å². The lowest BCUT2D eigenvalue weighted by Crippen LogP contribution is -2.15. The third kappa shape index (κ3) is 3.64. The molecule has 0 aliphatic carbocycles. The lowest BCUT2D eigenvalue weighted by atomic mass is 10.1. The third-order valence-corrected chi connectivity index (χ3v) is 5.69. The highest BCUT2D eigenvalue weighted by molar-refractivity contribution is 9.10. The summed E-state index contributed by atoms with van der Waals surface area (Å²) in [5.74, 6) is 0. The van der Waals surface area contributed by atoms with Crippen LogP contribution in [0.3, 0.4) is 0 Å². The zero-order valence-corrected chi connectivity index (χ0v) is 14.9. The Labute approximate surface area is 150 Å². The van der Waals surface area contributed by atoms with E-state index in [-0.39, 0.29) is 15.1 Å². The third-order valence-electron chi connectivity index (χ3n) is 3.58. The summed E-state index contributed by atoms with van der Waals surface area (Å²) in [5.41, 5.74) is -1.12. The maximum Gasteiger partial charge on any atom is 0.416 e. The molecule has 0 unspecified atom stereocenters. The molecule has 0 atom stereocenters. The molecule has 0 aliphatic rings. The van der Waals surface area contributed by atoms with E-state index in [0.29, 0.717) is 10.8 Å². The number of rotatable bonds is 3. The molecule has 0 spiro atoms. The van der Waals surface area contributed by atoms with Crippen molar-refractivity contribution in [2.45, 2.75) is 11.1 Å². The van der Waals surface area contributed by atoms with Gasteiger partial charge in [0.05, 0.1) is 16.1 Å². The van der Waals surface area contributed by atoms with E-state index in [9.17, 15) is 21.6 Å². The second-order valence-corrected chi connectivity index (χ2v) is 7.78. The molecule has 3 aromatic carbocycles. The minimum atomic E-state index is -4.57. The number of hydrogen-bond acceptors (Lipinski definition) is 2. The van der Waals surface area contributed by atoms with Crippen LogP contribution in [0.15, 0.2) is 70.0 Å². The Morgan fingerprint density at radius 2 is 1.60 bits per heavy atom. The van der Waals surface area contributed by atoms with E-state index in [1.807, 2.05) is 0 Å². The Balaban J connectivity index is 2.08. The fourth-order valence-corrected chi connectivity index (χ4v) is 4.19. The predicted octanol–water partition coefficient (Wildman–Crippen LogP) is 5.42. The van der Waals surface area contributed by atoms with Crippen LogP contribution in [0, 0.1) is 0 Å². The van der Waals surface area contributed by atoms with Gasteiger partial charge in [-0.2, -0.15) is 13.2 Å². The van der Waals surface area contributed by atoms with Gasteiger partial charge < -0.3 is 0 Å². The van der Waals surface area contributed by atoms with Crippen LogP contribution in [0.4, 0.5) is 18.9 Å². The first-order valence-electron chi connectivity index (χ1n) is 7.06. The molecule has 0 fully saturated rings. The van der Waals surface area contributed by atoms with Crippen molar-refractivity contribution in [2.75, 3.05) is 4.72 Å².